The third kappa shape index (κ3) is 5.13. The number of anilines is 4. The zero-order valence-corrected chi connectivity index (χ0v) is 16.7. The monoisotopic (exact) mass is 430 g/mol. The second kappa shape index (κ2) is 8.91. The van der Waals surface area contributed by atoms with Crippen molar-refractivity contribution in [1.29, 1.82) is 0 Å². The molecular formula is C23H22F4N4. The first-order chi connectivity index (χ1) is 14.9. The number of benzene rings is 2. The summed E-state index contributed by atoms with van der Waals surface area (Å²) < 4.78 is 54.0. The van der Waals surface area contributed by atoms with E-state index in [1.54, 1.807) is 12.1 Å². The molecule has 0 bridgehead atoms. The van der Waals surface area contributed by atoms with Gasteiger partial charge < -0.3 is 10.6 Å². The standard InChI is InChI=1S/C23H22F4N4/c24-16-10-12-17(13-11-16)29-22-28-14-19(23(25,26)27)21(31-22)30-20-9-5-4-8-18(20)15-6-2-1-3-7-15/h4-5,8-15H,1-3,6-7H2,(H2,28,29,30,31). The van der Waals surface area contributed by atoms with E-state index in [-0.39, 0.29) is 11.8 Å². The summed E-state index contributed by atoms with van der Waals surface area (Å²) >= 11 is 0. The minimum absolute atomic E-state index is 0.0164. The van der Waals surface area contributed by atoms with Crippen LogP contribution in [-0.4, -0.2) is 9.97 Å². The Bertz CT molecular complexity index is 1030. The lowest BCUT2D eigenvalue weighted by Crippen LogP contribution is -2.14. The molecule has 1 aliphatic carbocycles. The summed E-state index contributed by atoms with van der Waals surface area (Å²) in [5, 5.41) is 5.73. The Balaban J connectivity index is 1.67. The number of rotatable bonds is 5. The Hall–Kier alpha value is -3.16. The highest BCUT2D eigenvalue weighted by Gasteiger charge is 2.35. The maximum Gasteiger partial charge on any atom is 0.421 e. The summed E-state index contributed by atoms with van der Waals surface area (Å²) in [6, 6.07) is 12.8. The highest BCUT2D eigenvalue weighted by atomic mass is 19.4. The molecule has 2 aromatic carbocycles. The summed E-state index contributed by atoms with van der Waals surface area (Å²) in [4.78, 5) is 7.89. The van der Waals surface area contributed by atoms with Crippen LogP contribution < -0.4 is 10.6 Å². The molecule has 1 aromatic heterocycles. The van der Waals surface area contributed by atoms with Crippen molar-refractivity contribution in [3.8, 4) is 0 Å². The van der Waals surface area contributed by atoms with Crippen molar-refractivity contribution in [2.75, 3.05) is 10.6 Å². The molecule has 0 atom stereocenters. The third-order valence-electron chi connectivity index (χ3n) is 5.45. The number of hydrogen-bond acceptors (Lipinski definition) is 4. The molecular weight excluding hydrogens is 408 g/mol. The van der Waals surface area contributed by atoms with E-state index in [9.17, 15) is 17.6 Å². The molecule has 1 aliphatic rings. The number of alkyl halides is 3. The van der Waals surface area contributed by atoms with Gasteiger partial charge in [-0.1, -0.05) is 37.5 Å². The smallest absolute Gasteiger partial charge is 0.339 e. The largest absolute Gasteiger partial charge is 0.421 e. The van der Waals surface area contributed by atoms with Crippen molar-refractivity contribution < 1.29 is 17.6 Å². The number of hydrogen-bond donors (Lipinski definition) is 2. The third-order valence-corrected chi connectivity index (χ3v) is 5.45. The van der Waals surface area contributed by atoms with E-state index in [2.05, 4.69) is 20.6 Å². The van der Waals surface area contributed by atoms with Gasteiger partial charge in [0.05, 0.1) is 0 Å². The van der Waals surface area contributed by atoms with Crippen LogP contribution >= 0.6 is 0 Å². The second-order valence-electron chi connectivity index (χ2n) is 7.63. The number of para-hydroxylation sites is 1. The molecule has 2 N–H and O–H groups in total. The first-order valence-electron chi connectivity index (χ1n) is 10.2. The Morgan fingerprint density at radius 3 is 2.29 bits per heavy atom. The van der Waals surface area contributed by atoms with Gasteiger partial charge in [-0.2, -0.15) is 18.2 Å². The topological polar surface area (TPSA) is 49.8 Å². The van der Waals surface area contributed by atoms with Crippen molar-refractivity contribution in [3.63, 3.8) is 0 Å². The Labute approximate surface area is 177 Å². The quantitative estimate of drug-likeness (QED) is 0.421. The van der Waals surface area contributed by atoms with Crippen molar-refractivity contribution in [3.05, 3.63) is 71.7 Å². The molecule has 0 aliphatic heterocycles. The van der Waals surface area contributed by atoms with Gasteiger partial charge in [-0.05, 0) is 54.7 Å². The lowest BCUT2D eigenvalue weighted by Gasteiger charge is -2.25. The fourth-order valence-electron chi connectivity index (χ4n) is 3.92. The minimum atomic E-state index is -4.61. The molecule has 162 valence electrons. The second-order valence-corrected chi connectivity index (χ2v) is 7.63. The molecule has 1 fully saturated rings. The van der Waals surface area contributed by atoms with E-state index < -0.39 is 17.6 Å². The van der Waals surface area contributed by atoms with Crippen LogP contribution in [0.4, 0.5) is 40.7 Å². The van der Waals surface area contributed by atoms with Crippen LogP contribution in [0.3, 0.4) is 0 Å². The van der Waals surface area contributed by atoms with Crippen LogP contribution in [0.2, 0.25) is 0 Å². The van der Waals surface area contributed by atoms with Gasteiger partial charge in [-0.15, -0.1) is 0 Å². The average molecular weight is 430 g/mol. The fourth-order valence-corrected chi connectivity index (χ4v) is 3.92. The van der Waals surface area contributed by atoms with Crippen LogP contribution in [0.25, 0.3) is 0 Å². The molecule has 4 rings (SSSR count). The molecule has 0 spiro atoms. The predicted octanol–water partition coefficient (Wildman–Crippen LogP) is 7.17. The minimum Gasteiger partial charge on any atom is -0.339 e. The molecule has 0 radical (unpaired) electrons. The molecule has 0 saturated heterocycles. The van der Waals surface area contributed by atoms with Crippen LogP contribution in [-0.2, 0) is 6.18 Å². The summed E-state index contributed by atoms with van der Waals surface area (Å²) in [6.45, 7) is 0. The summed E-state index contributed by atoms with van der Waals surface area (Å²) in [7, 11) is 0. The van der Waals surface area contributed by atoms with Crippen LogP contribution in [0.15, 0.2) is 54.7 Å². The molecule has 8 heteroatoms. The van der Waals surface area contributed by atoms with E-state index in [1.165, 1.54) is 30.7 Å². The SMILES string of the molecule is Fc1ccc(Nc2ncc(C(F)(F)F)c(Nc3ccccc3C3CCCCC3)n2)cc1. The Kier molecular flexibility index (Phi) is 6.06. The van der Waals surface area contributed by atoms with Crippen molar-refractivity contribution in [2.24, 2.45) is 0 Å². The maximum absolute atomic E-state index is 13.6. The Morgan fingerprint density at radius 2 is 1.58 bits per heavy atom. The van der Waals surface area contributed by atoms with Crippen molar-refractivity contribution in [2.45, 2.75) is 44.2 Å². The molecule has 3 aromatic rings. The molecule has 31 heavy (non-hydrogen) atoms. The van der Waals surface area contributed by atoms with Crippen LogP contribution in [0.1, 0.15) is 49.1 Å². The summed E-state index contributed by atoms with van der Waals surface area (Å²) in [5.74, 6) is -0.446. The molecule has 1 saturated carbocycles. The van der Waals surface area contributed by atoms with Crippen molar-refractivity contribution >= 4 is 23.1 Å². The normalized spacial score (nSPS) is 15.0. The first kappa shape index (κ1) is 21.1. The summed E-state index contributed by atoms with van der Waals surface area (Å²) in [6.07, 6.45) is 1.60. The highest BCUT2D eigenvalue weighted by Crippen LogP contribution is 2.39. The van der Waals surface area contributed by atoms with Gasteiger partial charge in [0.15, 0.2) is 0 Å². The van der Waals surface area contributed by atoms with Gasteiger partial charge in [0.1, 0.15) is 17.2 Å². The lowest BCUT2D eigenvalue weighted by molar-refractivity contribution is -0.137. The van der Waals surface area contributed by atoms with E-state index in [4.69, 9.17) is 0 Å². The number of nitrogens with zero attached hydrogens (tertiary/aromatic N) is 2. The van der Waals surface area contributed by atoms with E-state index in [1.807, 2.05) is 12.1 Å². The van der Waals surface area contributed by atoms with Gasteiger partial charge in [-0.25, -0.2) is 9.37 Å². The zero-order valence-electron chi connectivity index (χ0n) is 16.7. The van der Waals surface area contributed by atoms with Crippen LogP contribution in [0, 0.1) is 5.82 Å². The number of halogens is 4. The number of aromatic nitrogens is 2. The van der Waals surface area contributed by atoms with E-state index in [0.717, 1.165) is 37.4 Å². The van der Waals surface area contributed by atoms with Gasteiger partial charge in [0, 0.05) is 17.6 Å². The molecule has 0 amide bonds. The average Bonchev–Trinajstić information content (AvgIpc) is 2.76. The predicted molar refractivity (Wildman–Crippen MR) is 112 cm³/mol. The van der Waals surface area contributed by atoms with E-state index in [0.29, 0.717) is 17.3 Å². The maximum atomic E-state index is 13.6. The fraction of sp³-hybridized carbons (Fsp3) is 0.304. The highest BCUT2D eigenvalue weighted by molar-refractivity contribution is 5.66. The molecule has 4 nitrogen and oxygen atoms in total. The van der Waals surface area contributed by atoms with Crippen molar-refractivity contribution in [1.82, 2.24) is 9.97 Å². The van der Waals surface area contributed by atoms with Gasteiger partial charge in [0.25, 0.3) is 0 Å². The van der Waals surface area contributed by atoms with E-state index >= 15 is 0 Å². The number of nitrogens with one attached hydrogen (secondary N) is 2. The Morgan fingerprint density at radius 1 is 0.871 bits per heavy atom. The molecule has 1 heterocycles. The van der Waals surface area contributed by atoms with Crippen LogP contribution in [0.5, 0.6) is 0 Å². The van der Waals surface area contributed by atoms with Gasteiger partial charge in [-0.3, -0.25) is 0 Å². The summed E-state index contributed by atoms with van der Waals surface area (Å²) in [5.41, 5.74) is 1.14. The zero-order chi connectivity index (χ0) is 21.8. The lowest BCUT2D eigenvalue weighted by atomic mass is 9.83. The van der Waals surface area contributed by atoms with Gasteiger partial charge >= 0.3 is 6.18 Å². The van der Waals surface area contributed by atoms with Gasteiger partial charge in [0.2, 0.25) is 5.95 Å². The molecule has 0 unspecified atom stereocenters. The first-order valence-corrected chi connectivity index (χ1v) is 10.2.